The molecule has 0 aromatic heterocycles. The summed E-state index contributed by atoms with van der Waals surface area (Å²) < 4.78 is 0. The van der Waals surface area contributed by atoms with Gasteiger partial charge in [0.05, 0.1) is 0 Å². The second-order valence-electron chi connectivity index (χ2n) is 6.49. The minimum Gasteiger partial charge on any atom is -0.376 e. The Morgan fingerprint density at radius 1 is 0.792 bits per heavy atom. The van der Waals surface area contributed by atoms with Gasteiger partial charge >= 0.3 is 0 Å². The molecule has 0 spiro atoms. The summed E-state index contributed by atoms with van der Waals surface area (Å²) >= 11 is 0. The van der Waals surface area contributed by atoms with Gasteiger partial charge in [-0.3, -0.25) is 4.90 Å². The molecular weight excluding hydrogens is 294 g/mol. The zero-order chi connectivity index (χ0) is 16.6. The van der Waals surface area contributed by atoms with Gasteiger partial charge in [-0.2, -0.15) is 0 Å². The Labute approximate surface area is 143 Å². The molecule has 3 aromatic rings. The number of hydrogen-bond acceptors (Lipinski definition) is 2. The average molecular weight is 315 g/mol. The molecule has 1 N–H and O–H groups in total. The maximum Gasteiger partial charge on any atom is 0.140 e. The second kappa shape index (κ2) is 5.90. The molecule has 0 bridgehead atoms. The van der Waals surface area contributed by atoms with E-state index in [2.05, 4.69) is 30.1 Å². The quantitative estimate of drug-likeness (QED) is 0.582. The summed E-state index contributed by atoms with van der Waals surface area (Å²) in [7, 11) is 2.12. The van der Waals surface area contributed by atoms with E-state index in [1.165, 1.54) is 5.56 Å². The summed E-state index contributed by atoms with van der Waals surface area (Å²) in [4.78, 5) is 2.29. The highest BCUT2D eigenvalue weighted by atomic mass is 16.3. The van der Waals surface area contributed by atoms with E-state index in [9.17, 15) is 5.11 Å². The number of hydrogen-bond donors (Lipinski definition) is 1. The van der Waals surface area contributed by atoms with Crippen LogP contribution in [0.4, 0.5) is 0 Å². The fraction of sp³-hybridized carbons (Fsp3) is 0.182. The van der Waals surface area contributed by atoms with Crippen molar-refractivity contribution in [2.45, 2.75) is 11.6 Å². The topological polar surface area (TPSA) is 23.2 Å². The number of aliphatic hydroxyl groups is 1. The van der Waals surface area contributed by atoms with Crippen LogP contribution < -0.4 is 0 Å². The van der Waals surface area contributed by atoms with Crippen molar-refractivity contribution >= 4 is 0 Å². The van der Waals surface area contributed by atoms with Crippen LogP contribution in [0.1, 0.15) is 28.3 Å². The molecule has 0 aliphatic carbocycles. The molecule has 1 heterocycles. The lowest BCUT2D eigenvalue weighted by Gasteiger charge is -2.32. The molecule has 1 saturated heterocycles. The van der Waals surface area contributed by atoms with Crippen molar-refractivity contribution in [3.05, 3.63) is 107 Å². The molecule has 0 radical (unpaired) electrons. The van der Waals surface area contributed by atoms with E-state index in [1.54, 1.807) is 0 Å². The summed E-state index contributed by atoms with van der Waals surface area (Å²) in [6.07, 6.45) is 0. The lowest BCUT2D eigenvalue weighted by Crippen LogP contribution is -2.30. The van der Waals surface area contributed by atoms with Crippen LogP contribution in [0.2, 0.25) is 0 Å². The number of nitrogens with zero attached hydrogens (tertiary/aromatic N) is 1. The molecule has 2 atom stereocenters. The maximum absolute atomic E-state index is 12.0. The smallest absolute Gasteiger partial charge is 0.140 e. The molecular formula is C22H21NO. The molecule has 1 aliphatic heterocycles. The van der Waals surface area contributed by atoms with Gasteiger partial charge in [0.2, 0.25) is 0 Å². The lowest BCUT2D eigenvalue weighted by molar-refractivity contribution is 0.124. The van der Waals surface area contributed by atoms with Crippen molar-refractivity contribution in [2.75, 3.05) is 13.6 Å². The Morgan fingerprint density at radius 2 is 1.25 bits per heavy atom. The standard InChI is InChI=1S/C22H21NO/c1-23-16-21(23)19-14-8-9-15-20(19)22(24,17-10-4-2-5-11-17)18-12-6-3-7-13-18/h2-15,21,24H,16H2,1H3/t21-,23?/m1/s1. The summed E-state index contributed by atoms with van der Waals surface area (Å²) in [5, 5.41) is 12.0. The number of rotatable bonds is 4. The monoisotopic (exact) mass is 315 g/mol. The third kappa shape index (κ3) is 2.44. The fourth-order valence-electron chi connectivity index (χ4n) is 3.51. The first-order valence-electron chi connectivity index (χ1n) is 8.34. The van der Waals surface area contributed by atoms with Crippen molar-refractivity contribution in [1.29, 1.82) is 0 Å². The zero-order valence-corrected chi connectivity index (χ0v) is 13.8. The van der Waals surface area contributed by atoms with Crippen molar-refractivity contribution in [3.63, 3.8) is 0 Å². The average Bonchev–Trinajstić information content (AvgIpc) is 3.39. The summed E-state index contributed by atoms with van der Waals surface area (Å²) in [6, 6.07) is 28.5. The molecule has 4 rings (SSSR count). The van der Waals surface area contributed by atoms with Crippen molar-refractivity contribution < 1.29 is 5.11 Å². The van der Waals surface area contributed by atoms with Crippen LogP contribution in [0.15, 0.2) is 84.9 Å². The first-order valence-corrected chi connectivity index (χ1v) is 8.34. The highest BCUT2D eigenvalue weighted by Gasteiger charge is 2.40. The van der Waals surface area contributed by atoms with Crippen LogP contribution >= 0.6 is 0 Å². The van der Waals surface area contributed by atoms with E-state index >= 15 is 0 Å². The Bertz CT molecular complexity index is 789. The SMILES string of the molecule is CN1C[C@@H]1c1ccccc1C(O)(c1ccccc1)c1ccccc1. The molecule has 1 unspecified atom stereocenters. The van der Waals surface area contributed by atoms with Gasteiger partial charge in [0.15, 0.2) is 0 Å². The number of likely N-dealkylation sites (N-methyl/N-ethyl adjacent to an activating group) is 1. The van der Waals surface area contributed by atoms with Crippen molar-refractivity contribution in [3.8, 4) is 0 Å². The van der Waals surface area contributed by atoms with E-state index in [0.717, 1.165) is 23.2 Å². The van der Waals surface area contributed by atoms with Gasteiger partial charge in [-0.1, -0.05) is 84.9 Å². The fourth-order valence-corrected chi connectivity index (χ4v) is 3.51. The largest absolute Gasteiger partial charge is 0.376 e. The Kier molecular flexibility index (Phi) is 3.72. The molecule has 1 fully saturated rings. The lowest BCUT2D eigenvalue weighted by atomic mass is 9.78. The van der Waals surface area contributed by atoms with Crippen LogP contribution in [0, 0.1) is 0 Å². The highest BCUT2D eigenvalue weighted by Crippen LogP contribution is 2.43. The Hall–Kier alpha value is -2.42. The van der Waals surface area contributed by atoms with E-state index in [-0.39, 0.29) is 0 Å². The predicted molar refractivity (Wildman–Crippen MR) is 96.8 cm³/mol. The summed E-state index contributed by atoms with van der Waals surface area (Å²) in [6.45, 7) is 1.04. The van der Waals surface area contributed by atoms with Gasteiger partial charge in [0.25, 0.3) is 0 Å². The van der Waals surface area contributed by atoms with Crippen molar-refractivity contribution in [1.82, 2.24) is 4.90 Å². The Balaban J connectivity index is 1.96. The van der Waals surface area contributed by atoms with E-state index in [1.807, 2.05) is 66.7 Å². The van der Waals surface area contributed by atoms with Gasteiger partial charge in [-0.15, -0.1) is 0 Å². The van der Waals surface area contributed by atoms with Gasteiger partial charge < -0.3 is 5.11 Å². The van der Waals surface area contributed by atoms with Crippen molar-refractivity contribution in [2.24, 2.45) is 0 Å². The molecule has 0 amide bonds. The van der Waals surface area contributed by atoms with E-state index in [4.69, 9.17) is 0 Å². The second-order valence-corrected chi connectivity index (χ2v) is 6.49. The molecule has 2 heteroatoms. The third-order valence-electron chi connectivity index (χ3n) is 4.95. The van der Waals surface area contributed by atoms with Crippen LogP contribution in [-0.4, -0.2) is 23.6 Å². The van der Waals surface area contributed by atoms with Gasteiger partial charge in [0.1, 0.15) is 5.60 Å². The molecule has 120 valence electrons. The van der Waals surface area contributed by atoms with Gasteiger partial charge in [0, 0.05) is 12.6 Å². The van der Waals surface area contributed by atoms with E-state index in [0.29, 0.717) is 6.04 Å². The Morgan fingerprint density at radius 3 is 1.75 bits per heavy atom. The first kappa shape index (κ1) is 15.1. The van der Waals surface area contributed by atoms with E-state index < -0.39 is 5.60 Å². The van der Waals surface area contributed by atoms with Gasteiger partial charge in [-0.05, 0) is 29.3 Å². The zero-order valence-electron chi connectivity index (χ0n) is 13.8. The normalized spacial score (nSPS) is 19.9. The summed E-state index contributed by atoms with van der Waals surface area (Å²) in [5.41, 5.74) is 2.81. The minimum absolute atomic E-state index is 0.389. The third-order valence-corrected chi connectivity index (χ3v) is 4.95. The van der Waals surface area contributed by atoms with Crippen LogP contribution in [0.25, 0.3) is 0 Å². The van der Waals surface area contributed by atoms with Crippen LogP contribution in [0.3, 0.4) is 0 Å². The van der Waals surface area contributed by atoms with Gasteiger partial charge in [-0.25, -0.2) is 0 Å². The highest BCUT2D eigenvalue weighted by molar-refractivity contribution is 5.51. The molecule has 2 nitrogen and oxygen atoms in total. The number of benzene rings is 3. The summed E-state index contributed by atoms with van der Waals surface area (Å²) in [5.74, 6) is 0. The molecule has 0 saturated carbocycles. The molecule has 24 heavy (non-hydrogen) atoms. The maximum atomic E-state index is 12.0. The minimum atomic E-state index is -1.15. The molecule has 3 aromatic carbocycles. The first-order chi connectivity index (χ1) is 11.7. The molecule has 1 aliphatic rings. The van der Waals surface area contributed by atoms with Crippen LogP contribution in [0.5, 0.6) is 0 Å². The predicted octanol–water partition coefficient (Wildman–Crippen LogP) is 3.96. The van der Waals surface area contributed by atoms with Crippen LogP contribution in [-0.2, 0) is 5.60 Å².